The minimum absolute atomic E-state index is 0.133. The molecule has 0 aromatic heterocycles. The van der Waals surface area contributed by atoms with Crippen LogP contribution in [0.4, 0.5) is 5.69 Å². The first-order valence-electron chi connectivity index (χ1n) is 9.78. The number of hydrogen-bond acceptors (Lipinski definition) is 6. The molecule has 0 amide bonds. The van der Waals surface area contributed by atoms with E-state index in [9.17, 15) is 18.5 Å². The third kappa shape index (κ3) is 6.35. The van der Waals surface area contributed by atoms with Crippen molar-refractivity contribution in [1.82, 2.24) is 9.80 Å². The second kappa shape index (κ2) is 9.47. The first-order valence-corrected chi connectivity index (χ1v) is 11.7. The SMILES string of the molecule is CS(=O)(=O)c1ccc(CCN2CCN(CCc3ccc([N+](=O)[O-])cc3)CC2)cc1. The van der Waals surface area contributed by atoms with Gasteiger partial charge in [0.05, 0.1) is 9.82 Å². The Morgan fingerprint density at radius 3 is 1.62 bits per heavy atom. The molecular formula is C21H27N3O4S. The number of hydrogen-bond donors (Lipinski definition) is 0. The molecule has 1 heterocycles. The van der Waals surface area contributed by atoms with Crippen molar-refractivity contribution in [3.05, 3.63) is 69.8 Å². The molecule has 0 N–H and O–H groups in total. The number of piperazine rings is 1. The van der Waals surface area contributed by atoms with Crippen LogP contribution in [0.25, 0.3) is 0 Å². The Labute approximate surface area is 172 Å². The second-order valence-corrected chi connectivity index (χ2v) is 9.54. The zero-order chi connectivity index (χ0) is 20.9. The summed E-state index contributed by atoms with van der Waals surface area (Å²) >= 11 is 0. The maximum absolute atomic E-state index is 11.5. The fourth-order valence-electron chi connectivity index (χ4n) is 3.50. The number of sulfone groups is 1. The molecule has 7 nitrogen and oxygen atoms in total. The van der Waals surface area contributed by atoms with Gasteiger partial charge in [0.2, 0.25) is 0 Å². The highest BCUT2D eigenvalue weighted by Gasteiger charge is 2.16. The summed E-state index contributed by atoms with van der Waals surface area (Å²) in [6.45, 7) is 5.98. The number of nitro groups is 1. The van der Waals surface area contributed by atoms with Gasteiger partial charge < -0.3 is 9.80 Å². The van der Waals surface area contributed by atoms with E-state index in [4.69, 9.17) is 0 Å². The summed E-state index contributed by atoms with van der Waals surface area (Å²) < 4.78 is 23.1. The quantitative estimate of drug-likeness (QED) is 0.484. The average Bonchev–Trinajstić information content (AvgIpc) is 2.71. The van der Waals surface area contributed by atoms with Crippen molar-refractivity contribution in [3.8, 4) is 0 Å². The van der Waals surface area contributed by atoms with E-state index >= 15 is 0 Å². The molecule has 2 aromatic carbocycles. The molecule has 2 aromatic rings. The Bertz CT molecular complexity index is 919. The van der Waals surface area contributed by atoms with E-state index in [1.54, 1.807) is 24.3 Å². The number of nitrogens with zero attached hydrogens (tertiary/aromatic N) is 3. The highest BCUT2D eigenvalue weighted by Crippen LogP contribution is 2.14. The summed E-state index contributed by atoms with van der Waals surface area (Å²) in [5, 5.41) is 10.7. The van der Waals surface area contributed by atoms with E-state index in [0.717, 1.165) is 63.2 Å². The second-order valence-electron chi connectivity index (χ2n) is 7.52. The molecule has 0 aliphatic carbocycles. The molecule has 29 heavy (non-hydrogen) atoms. The molecule has 1 saturated heterocycles. The van der Waals surface area contributed by atoms with E-state index in [2.05, 4.69) is 9.80 Å². The van der Waals surface area contributed by atoms with Crippen LogP contribution in [-0.2, 0) is 22.7 Å². The Kier molecular flexibility index (Phi) is 7.00. The van der Waals surface area contributed by atoms with Crippen molar-refractivity contribution in [1.29, 1.82) is 0 Å². The van der Waals surface area contributed by atoms with Crippen molar-refractivity contribution in [2.75, 3.05) is 45.5 Å². The molecule has 1 fully saturated rings. The first kappa shape index (κ1) is 21.4. The van der Waals surface area contributed by atoms with Gasteiger partial charge in [-0.05, 0) is 36.1 Å². The third-order valence-electron chi connectivity index (χ3n) is 5.40. The summed E-state index contributed by atoms with van der Waals surface area (Å²) in [7, 11) is -3.14. The third-order valence-corrected chi connectivity index (χ3v) is 6.53. The molecule has 3 rings (SSSR count). The van der Waals surface area contributed by atoms with Crippen LogP contribution in [0.15, 0.2) is 53.4 Å². The average molecular weight is 418 g/mol. The van der Waals surface area contributed by atoms with Gasteiger partial charge in [-0.2, -0.15) is 0 Å². The van der Waals surface area contributed by atoms with E-state index in [1.165, 1.54) is 6.26 Å². The smallest absolute Gasteiger partial charge is 0.269 e. The lowest BCUT2D eigenvalue weighted by Gasteiger charge is -2.34. The van der Waals surface area contributed by atoms with Crippen LogP contribution < -0.4 is 0 Å². The minimum atomic E-state index is -3.14. The normalized spacial score (nSPS) is 16.0. The zero-order valence-corrected chi connectivity index (χ0v) is 17.5. The van der Waals surface area contributed by atoms with Gasteiger partial charge in [-0.1, -0.05) is 24.3 Å². The lowest BCUT2D eigenvalue weighted by atomic mass is 10.1. The molecule has 0 radical (unpaired) electrons. The molecule has 1 aliphatic rings. The van der Waals surface area contributed by atoms with Crippen molar-refractivity contribution in [2.24, 2.45) is 0 Å². The van der Waals surface area contributed by atoms with E-state index in [1.807, 2.05) is 24.3 Å². The highest BCUT2D eigenvalue weighted by atomic mass is 32.2. The highest BCUT2D eigenvalue weighted by molar-refractivity contribution is 7.90. The van der Waals surface area contributed by atoms with Gasteiger partial charge in [-0.15, -0.1) is 0 Å². The Morgan fingerprint density at radius 2 is 1.24 bits per heavy atom. The van der Waals surface area contributed by atoms with Crippen molar-refractivity contribution in [2.45, 2.75) is 17.7 Å². The Hall–Kier alpha value is -2.29. The summed E-state index contributed by atoms with van der Waals surface area (Å²) in [5.41, 5.74) is 2.40. The van der Waals surface area contributed by atoms with Gasteiger partial charge in [0.15, 0.2) is 9.84 Å². The largest absolute Gasteiger partial charge is 0.300 e. The molecule has 0 atom stereocenters. The fourth-order valence-corrected chi connectivity index (χ4v) is 4.13. The van der Waals surface area contributed by atoms with E-state index in [-0.39, 0.29) is 10.6 Å². The summed E-state index contributed by atoms with van der Waals surface area (Å²) in [6, 6.07) is 14.0. The number of nitro benzene ring substituents is 1. The molecule has 156 valence electrons. The minimum Gasteiger partial charge on any atom is -0.300 e. The van der Waals surface area contributed by atoms with Crippen LogP contribution in [-0.4, -0.2) is 68.7 Å². The van der Waals surface area contributed by atoms with Crippen molar-refractivity contribution < 1.29 is 13.3 Å². The van der Waals surface area contributed by atoms with Gasteiger partial charge in [-0.3, -0.25) is 10.1 Å². The maximum atomic E-state index is 11.5. The Morgan fingerprint density at radius 1 is 0.828 bits per heavy atom. The van der Waals surface area contributed by atoms with Crippen LogP contribution in [0.1, 0.15) is 11.1 Å². The monoisotopic (exact) mass is 417 g/mol. The van der Waals surface area contributed by atoms with Gasteiger partial charge in [0.25, 0.3) is 5.69 Å². The zero-order valence-electron chi connectivity index (χ0n) is 16.7. The maximum Gasteiger partial charge on any atom is 0.269 e. The van der Waals surface area contributed by atoms with Crippen LogP contribution in [0.2, 0.25) is 0 Å². The van der Waals surface area contributed by atoms with Gasteiger partial charge in [-0.25, -0.2) is 8.42 Å². The molecule has 1 aliphatic heterocycles. The Balaban J connectivity index is 1.38. The fraction of sp³-hybridized carbons (Fsp3) is 0.429. The molecular weight excluding hydrogens is 390 g/mol. The van der Waals surface area contributed by atoms with Crippen molar-refractivity contribution in [3.63, 3.8) is 0 Å². The first-order chi connectivity index (χ1) is 13.8. The number of rotatable bonds is 8. The molecule has 0 spiro atoms. The predicted octanol–water partition coefficient (Wildman–Crippen LogP) is 2.40. The lowest BCUT2D eigenvalue weighted by Crippen LogP contribution is -2.47. The van der Waals surface area contributed by atoms with Crippen LogP contribution in [0, 0.1) is 10.1 Å². The lowest BCUT2D eigenvalue weighted by molar-refractivity contribution is -0.384. The summed E-state index contributed by atoms with van der Waals surface area (Å²) in [5.74, 6) is 0. The summed E-state index contributed by atoms with van der Waals surface area (Å²) in [4.78, 5) is 15.6. The molecule has 0 saturated carbocycles. The summed E-state index contributed by atoms with van der Waals surface area (Å²) in [6.07, 6.45) is 3.03. The topological polar surface area (TPSA) is 83.8 Å². The van der Waals surface area contributed by atoms with Crippen LogP contribution in [0.3, 0.4) is 0 Å². The number of benzene rings is 2. The van der Waals surface area contributed by atoms with E-state index in [0.29, 0.717) is 4.90 Å². The standard InChI is InChI=1S/C21H27N3O4S/c1-29(27,28)21-8-4-19(5-9-21)11-13-23-16-14-22(15-17-23)12-10-18-2-6-20(7-3-18)24(25)26/h2-9H,10-17H2,1H3. The van der Waals surface area contributed by atoms with E-state index < -0.39 is 9.84 Å². The van der Waals surface area contributed by atoms with Gasteiger partial charge in [0, 0.05) is 57.7 Å². The molecule has 8 heteroatoms. The number of non-ortho nitro benzene ring substituents is 1. The predicted molar refractivity (Wildman–Crippen MR) is 113 cm³/mol. The van der Waals surface area contributed by atoms with Crippen LogP contribution >= 0.6 is 0 Å². The van der Waals surface area contributed by atoms with Crippen LogP contribution in [0.5, 0.6) is 0 Å². The molecule has 0 unspecified atom stereocenters. The van der Waals surface area contributed by atoms with Gasteiger partial charge >= 0.3 is 0 Å². The van der Waals surface area contributed by atoms with Crippen molar-refractivity contribution >= 4 is 15.5 Å². The van der Waals surface area contributed by atoms with Gasteiger partial charge in [0.1, 0.15) is 0 Å². The molecule has 0 bridgehead atoms.